The maximum atomic E-state index is 7.50. The Morgan fingerprint density at radius 3 is 1.67 bits per heavy atom. The molecule has 2 rings (SSSR count). The third-order valence-electron chi connectivity index (χ3n) is 1.77. The van der Waals surface area contributed by atoms with E-state index in [1.165, 1.54) is 11.1 Å². The number of hydrogen-bond acceptors (Lipinski definition) is 0. The third-order valence-corrected chi connectivity index (χ3v) is 1.77. The van der Waals surface area contributed by atoms with Gasteiger partial charge in [0, 0.05) is 23.5 Å². The Hall–Kier alpha value is -1.56. The molecule has 0 N–H and O–H groups in total. The maximum absolute atomic E-state index is 7.50. The summed E-state index contributed by atoms with van der Waals surface area (Å²) in [6.07, 6.45) is 8.36. The second kappa shape index (κ2) is 17.8. The molecule has 0 saturated heterocycles. The number of allylic oxidation sites excluding steroid dienone is 4. The standard InChI is InChI=1S/C11H9.3CO.Mn/c1-2-6-10(7-3-1)11-8-4-5-9-11;3*1-2;/h1-9H;;;;. The molecule has 0 unspecified atom stereocenters. The van der Waals surface area contributed by atoms with Crippen LogP contribution in [0, 0.1) is 26.4 Å². The van der Waals surface area contributed by atoms with Crippen LogP contribution in [0.3, 0.4) is 0 Å². The number of benzene rings is 1. The van der Waals surface area contributed by atoms with Gasteiger partial charge in [0.1, 0.15) is 0 Å². The van der Waals surface area contributed by atoms with Crippen molar-refractivity contribution in [2.75, 3.05) is 0 Å². The Labute approximate surface area is 117 Å². The van der Waals surface area contributed by atoms with Gasteiger partial charge in [0.2, 0.25) is 0 Å². The first-order valence-electron chi connectivity index (χ1n) is 4.35. The zero-order valence-electron chi connectivity index (χ0n) is 9.30. The van der Waals surface area contributed by atoms with Gasteiger partial charge < -0.3 is 0 Å². The first-order valence-corrected chi connectivity index (χ1v) is 4.35. The smallest absolute Gasteiger partial charge is 0.00571 e. The molecule has 0 fully saturated rings. The van der Waals surface area contributed by atoms with Gasteiger partial charge in [-0.05, 0) is 11.1 Å². The van der Waals surface area contributed by atoms with Crippen molar-refractivity contribution in [3.8, 4) is 0 Å². The van der Waals surface area contributed by atoms with Crippen molar-refractivity contribution in [2.24, 2.45) is 0 Å². The first-order chi connectivity index (χ1) is 8.47. The van der Waals surface area contributed by atoms with Gasteiger partial charge >= 0.3 is 33.9 Å². The van der Waals surface area contributed by atoms with Crippen molar-refractivity contribution in [1.82, 2.24) is 0 Å². The third kappa shape index (κ3) is 8.58. The molecule has 0 aliphatic heterocycles. The summed E-state index contributed by atoms with van der Waals surface area (Å²) in [5.74, 6) is 0. The second-order valence-electron chi connectivity index (χ2n) is 2.54. The van der Waals surface area contributed by atoms with Gasteiger partial charge in [0.15, 0.2) is 0 Å². The van der Waals surface area contributed by atoms with Crippen molar-refractivity contribution in [1.29, 1.82) is 0 Å². The Morgan fingerprint density at radius 2 is 1.28 bits per heavy atom. The van der Waals surface area contributed by atoms with Crippen LogP contribution in [-0.2, 0) is 31.0 Å². The van der Waals surface area contributed by atoms with Crippen molar-refractivity contribution < 1.29 is 31.0 Å². The molecular formula is C14H9MnO3. The molecule has 1 aromatic rings. The topological polar surface area (TPSA) is 59.7 Å². The van der Waals surface area contributed by atoms with Gasteiger partial charge in [0.05, 0.1) is 0 Å². The predicted molar refractivity (Wildman–Crippen MR) is 59.6 cm³/mol. The Bertz CT molecular complexity index is 399. The molecule has 1 aromatic carbocycles. The summed E-state index contributed by atoms with van der Waals surface area (Å²) >= 11 is 0. The Morgan fingerprint density at radius 1 is 0.778 bits per heavy atom. The van der Waals surface area contributed by atoms with E-state index in [-0.39, 0.29) is 17.1 Å². The fourth-order valence-electron chi connectivity index (χ4n) is 1.20. The van der Waals surface area contributed by atoms with Crippen LogP contribution in [-0.4, -0.2) is 0 Å². The van der Waals surface area contributed by atoms with E-state index in [0.717, 1.165) is 0 Å². The minimum absolute atomic E-state index is 0. The van der Waals surface area contributed by atoms with Crippen molar-refractivity contribution in [3.63, 3.8) is 0 Å². The van der Waals surface area contributed by atoms with Gasteiger partial charge in [0.25, 0.3) is 0 Å². The largest absolute Gasteiger partial charge is 0.0761 e. The van der Waals surface area contributed by atoms with Crippen molar-refractivity contribution in [3.05, 3.63) is 80.5 Å². The molecule has 0 aromatic heterocycles. The molecule has 18 heavy (non-hydrogen) atoms. The summed E-state index contributed by atoms with van der Waals surface area (Å²) in [5.41, 5.74) is 2.59. The van der Waals surface area contributed by atoms with Gasteiger partial charge in [-0.25, -0.2) is 0 Å². The van der Waals surface area contributed by atoms with E-state index < -0.39 is 0 Å². The summed E-state index contributed by atoms with van der Waals surface area (Å²) < 4.78 is 22.5. The molecule has 1 aliphatic carbocycles. The minimum atomic E-state index is 0. The minimum Gasteiger partial charge on any atom is -0.0761 e. The zero-order valence-corrected chi connectivity index (χ0v) is 10.5. The van der Waals surface area contributed by atoms with Gasteiger partial charge in [-0.15, -0.1) is 0 Å². The summed E-state index contributed by atoms with van der Waals surface area (Å²) in [6, 6.07) is 10.4. The van der Waals surface area contributed by atoms with Crippen LogP contribution in [0.4, 0.5) is 0 Å². The van der Waals surface area contributed by atoms with E-state index in [2.05, 4.69) is 68.9 Å². The van der Waals surface area contributed by atoms with Gasteiger partial charge in [-0.3, -0.25) is 0 Å². The molecule has 0 spiro atoms. The normalized spacial score (nSPS) is 9.56. The monoisotopic (exact) mass is 280 g/mol. The van der Waals surface area contributed by atoms with E-state index in [1.807, 2.05) is 6.07 Å². The second-order valence-corrected chi connectivity index (χ2v) is 2.54. The average Bonchev–Trinajstić information content (AvgIpc) is 3.01. The van der Waals surface area contributed by atoms with E-state index in [0.29, 0.717) is 0 Å². The molecule has 0 saturated carbocycles. The van der Waals surface area contributed by atoms with Crippen LogP contribution in [0.1, 0.15) is 5.56 Å². The summed E-state index contributed by atoms with van der Waals surface area (Å²) in [6.45, 7) is 13.5. The quantitative estimate of drug-likeness (QED) is 0.431. The zero-order chi connectivity index (χ0) is 13.5. The molecule has 90 valence electrons. The maximum Gasteiger partial charge on any atom is 0.00571 e. The van der Waals surface area contributed by atoms with E-state index in [4.69, 9.17) is 14.0 Å². The molecule has 1 aliphatic rings. The van der Waals surface area contributed by atoms with Crippen molar-refractivity contribution in [2.45, 2.75) is 0 Å². The Balaban J connectivity index is -0.000000285. The summed E-state index contributed by atoms with van der Waals surface area (Å²) in [7, 11) is 0. The van der Waals surface area contributed by atoms with Crippen LogP contribution in [0.25, 0.3) is 5.57 Å². The van der Waals surface area contributed by atoms with Gasteiger partial charge in [-0.1, -0.05) is 48.6 Å². The van der Waals surface area contributed by atoms with Crippen LogP contribution in [0.15, 0.2) is 48.6 Å². The van der Waals surface area contributed by atoms with E-state index >= 15 is 0 Å². The van der Waals surface area contributed by atoms with Crippen LogP contribution in [0.5, 0.6) is 0 Å². The SMILES string of the molecule is [C-]#[O+].[C-]#[O+].[C-]#[O+].[CH]1C=CC(c2ccccc2)=C1.[Mn]. The van der Waals surface area contributed by atoms with E-state index in [9.17, 15) is 0 Å². The van der Waals surface area contributed by atoms with Crippen molar-refractivity contribution >= 4 is 5.57 Å². The molecule has 3 nitrogen and oxygen atoms in total. The van der Waals surface area contributed by atoms with Crippen LogP contribution < -0.4 is 0 Å². The molecule has 0 atom stereocenters. The molecule has 4 heteroatoms. The molecule has 2 radical (unpaired) electrons. The van der Waals surface area contributed by atoms with Crippen LogP contribution >= 0.6 is 0 Å². The van der Waals surface area contributed by atoms with E-state index in [1.54, 1.807) is 0 Å². The van der Waals surface area contributed by atoms with Gasteiger partial charge in [-0.2, -0.15) is 0 Å². The summed E-state index contributed by atoms with van der Waals surface area (Å²) in [5, 5.41) is 0. The average molecular weight is 280 g/mol. The fraction of sp³-hybridized carbons (Fsp3) is 0. The first kappa shape index (κ1) is 21.7. The number of rotatable bonds is 1. The van der Waals surface area contributed by atoms with Crippen LogP contribution in [0.2, 0.25) is 0 Å². The predicted octanol–water partition coefficient (Wildman–Crippen LogP) is 2.73. The number of hydrogen-bond donors (Lipinski definition) is 0. The molecule has 0 heterocycles. The molecular weight excluding hydrogens is 271 g/mol. The molecule has 0 amide bonds. The Kier molecular flexibility index (Phi) is 21.5. The fourth-order valence-corrected chi connectivity index (χ4v) is 1.20. The molecule has 0 bridgehead atoms. The summed E-state index contributed by atoms with van der Waals surface area (Å²) in [4.78, 5) is 0.